The molecule has 0 saturated carbocycles. The number of amides is 2. The van der Waals surface area contributed by atoms with E-state index in [0.29, 0.717) is 18.7 Å². The minimum absolute atomic E-state index is 0.0921. The lowest BCUT2D eigenvalue weighted by atomic mass is 9.97. The summed E-state index contributed by atoms with van der Waals surface area (Å²) in [6.07, 6.45) is 3.08. The number of rotatable bonds is 3. The smallest absolute Gasteiger partial charge is 0.414 e. The van der Waals surface area contributed by atoms with Crippen molar-refractivity contribution >= 4 is 18.3 Å². The van der Waals surface area contributed by atoms with Crippen molar-refractivity contribution in [1.29, 1.82) is 0 Å². The summed E-state index contributed by atoms with van der Waals surface area (Å²) >= 11 is 0. The van der Waals surface area contributed by atoms with Gasteiger partial charge in [0.15, 0.2) is 0 Å². The molecule has 2 amide bonds. The van der Waals surface area contributed by atoms with Gasteiger partial charge in [0.2, 0.25) is 0 Å². The van der Waals surface area contributed by atoms with E-state index in [2.05, 4.69) is 0 Å². The Labute approximate surface area is 160 Å². The molecule has 1 unspecified atom stereocenters. The quantitative estimate of drug-likeness (QED) is 0.874. The number of carbonyl (C=O) groups excluding carboxylic acids is 2. The van der Waals surface area contributed by atoms with E-state index in [4.69, 9.17) is 9.47 Å². The van der Waals surface area contributed by atoms with Gasteiger partial charge < -0.3 is 19.5 Å². The van der Waals surface area contributed by atoms with Crippen LogP contribution in [0.25, 0.3) is 6.08 Å². The molecule has 1 aromatic carbocycles. The van der Waals surface area contributed by atoms with Gasteiger partial charge in [-0.1, -0.05) is 24.3 Å². The van der Waals surface area contributed by atoms with Gasteiger partial charge in [-0.2, -0.15) is 0 Å². The third kappa shape index (κ3) is 5.23. The van der Waals surface area contributed by atoms with E-state index in [9.17, 15) is 14.7 Å². The fourth-order valence-electron chi connectivity index (χ4n) is 2.84. The van der Waals surface area contributed by atoms with Crippen molar-refractivity contribution in [1.82, 2.24) is 9.80 Å². The van der Waals surface area contributed by atoms with E-state index in [1.165, 1.54) is 4.90 Å². The van der Waals surface area contributed by atoms with Crippen molar-refractivity contribution in [3.63, 3.8) is 0 Å². The maximum atomic E-state index is 12.7. The molecule has 0 bridgehead atoms. The molecule has 1 atom stereocenters. The molecule has 0 aromatic heterocycles. The third-order valence-corrected chi connectivity index (χ3v) is 4.01. The lowest BCUT2D eigenvalue weighted by Gasteiger charge is -2.32. The summed E-state index contributed by atoms with van der Waals surface area (Å²) in [5, 5.41) is 9.56. The first-order valence-corrected chi connectivity index (χ1v) is 8.93. The van der Waals surface area contributed by atoms with Crippen LogP contribution in [0.1, 0.15) is 44.4 Å². The molecule has 0 radical (unpaired) electrons. The fraction of sp³-hybridized carbons (Fsp3) is 0.500. The Morgan fingerprint density at radius 2 is 2.00 bits per heavy atom. The van der Waals surface area contributed by atoms with Crippen molar-refractivity contribution < 1.29 is 24.2 Å². The number of aliphatic hydroxyl groups is 1. The second kappa shape index (κ2) is 8.43. The second-order valence-corrected chi connectivity index (χ2v) is 7.58. The van der Waals surface area contributed by atoms with Crippen LogP contribution in [0.2, 0.25) is 0 Å². The van der Waals surface area contributed by atoms with Crippen LogP contribution < -0.4 is 4.74 Å². The Balaban J connectivity index is 2.42. The minimum Gasteiger partial charge on any atom is -0.444 e. The normalized spacial score (nSPS) is 16.4. The van der Waals surface area contributed by atoms with Crippen LogP contribution in [-0.2, 0) is 4.74 Å². The highest BCUT2D eigenvalue weighted by Crippen LogP contribution is 2.36. The zero-order chi connectivity index (χ0) is 20.2. The van der Waals surface area contributed by atoms with Gasteiger partial charge in [-0.15, -0.1) is 0 Å². The molecule has 1 aliphatic heterocycles. The molecule has 2 rings (SSSR count). The zero-order valence-electron chi connectivity index (χ0n) is 16.6. The van der Waals surface area contributed by atoms with Gasteiger partial charge in [0.25, 0.3) is 0 Å². The molecule has 0 saturated heterocycles. The molecule has 0 aliphatic carbocycles. The standard InChI is InChI=1S/C20H28N2O5/c1-20(2,3)27-19(25)22-12-7-9-15-14(16(22)11-13-23)8-6-10-17(15)26-18(24)21(4)5/h6-10,16,23H,11-13H2,1-5H3. The number of hydrogen-bond donors (Lipinski definition) is 1. The van der Waals surface area contributed by atoms with Crippen molar-refractivity contribution in [3.8, 4) is 5.75 Å². The van der Waals surface area contributed by atoms with Crippen LogP contribution in [0.5, 0.6) is 5.75 Å². The predicted octanol–water partition coefficient (Wildman–Crippen LogP) is 3.43. The summed E-state index contributed by atoms with van der Waals surface area (Å²) in [6.45, 7) is 5.67. The van der Waals surface area contributed by atoms with Crippen LogP contribution in [0.4, 0.5) is 9.59 Å². The number of fused-ring (bicyclic) bond motifs is 1. The second-order valence-electron chi connectivity index (χ2n) is 7.58. The van der Waals surface area contributed by atoms with E-state index < -0.39 is 23.8 Å². The van der Waals surface area contributed by atoms with Crippen LogP contribution in [0.15, 0.2) is 24.3 Å². The monoisotopic (exact) mass is 376 g/mol. The highest BCUT2D eigenvalue weighted by molar-refractivity contribution is 5.75. The summed E-state index contributed by atoms with van der Waals surface area (Å²) in [5.74, 6) is 0.413. The van der Waals surface area contributed by atoms with Crippen LogP contribution in [0, 0.1) is 0 Å². The molecule has 0 spiro atoms. The minimum atomic E-state index is -0.622. The first-order chi connectivity index (χ1) is 12.6. The van der Waals surface area contributed by atoms with E-state index in [-0.39, 0.29) is 6.61 Å². The molecule has 1 aromatic rings. The molecule has 27 heavy (non-hydrogen) atoms. The third-order valence-electron chi connectivity index (χ3n) is 4.01. The topological polar surface area (TPSA) is 79.3 Å². The molecular formula is C20H28N2O5. The largest absolute Gasteiger partial charge is 0.444 e. The zero-order valence-corrected chi connectivity index (χ0v) is 16.6. The van der Waals surface area contributed by atoms with Gasteiger partial charge in [0.1, 0.15) is 11.4 Å². The molecule has 1 N–H and O–H groups in total. The maximum absolute atomic E-state index is 12.7. The Bertz CT molecular complexity index is 722. The fourth-order valence-corrected chi connectivity index (χ4v) is 2.84. The van der Waals surface area contributed by atoms with Crippen LogP contribution in [-0.4, -0.2) is 59.9 Å². The van der Waals surface area contributed by atoms with E-state index in [1.54, 1.807) is 31.1 Å². The lowest BCUT2D eigenvalue weighted by molar-refractivity contribution is 0.0163. The van der Waals surface area contributed by atoms with Crippen molar-refractivity contribution in [2.75, 3.05) is 27.2 Å². The molecule has 7 nitrogen and oxygen atoms in total. The van der Waals surface area contributed by atoms with Gasteiger partial charge in [0.05, 0.1) is 6.04 Å². The molecule has 1 heterocycles. The molecule has 7 heteroatoms. The average molecular weight is 376 g/mol. The van der Waals surface area contributed by atoms with Gasteiger partial charge in [0, 0.05) is 32.8 Å². The van der Waals surface area contributed by atoms with E-state index in [0.717, 1.165) is 11.1 Å². The first kappa shape index (κ1) is 20.8. The molecular weight excluding hydrogens is 348 g/mol. The van der Waals surface area contributed by atoms with Crippen LogP contribution >= 0.6 is 0 Å². The average Bonchev–Trinajstić information content (AvgIpc) is 2.74. The number of aliphatic hydroxyl groups excluding tert-OH is 1. The van der Waals surface area contributed by atoms with Crippen molar-refractivity contribution in [2.45, 2.75) is 38.8 Å². The maximum Gasteiger partial charge on any atom is 0.414 e. The summed E-state index contributed by atoms with van der Waals surface area (Å²) in [6, 6.07) is 4.96. The number of nitrogens with zero attached hydrogens (tertiary/aromatic N) is 2. The summed E-state index contributed by atoms with van der Waals surface area (Å²) in [7, 11) is 3.22. The Morgan fingerprint density at radius 1 is 1.30 bits per heavy atom. The van der Waals surface area contributed by atoms with Crippen molar-refractivity contribution in [3.05, 3.63) is 35.4 Å². The number of hydrogen-bond acceptors (Lipinski definition) is 5. The van der Waals surface area contributed by atoms with Gasteiger partial charge in [-0.05, 0) is 38.8 Å². The van der Waals surface area contributed by atoms with Crippen LogP contribution in [0.3, 0.4) is 0 Å². The van der Waals surface area contributed by atoms with Gasteiger partial charge >= 0.3 is 12.2 Å². The molecule has 0 fully saturated rings. The highest BCUT2D eigenvalue weighted by atomic mass is 16.6. The predicted molar refractivity (Wildman–Crippen MR) is 103 cm³/mol. The van der Waals surface area contributed by atoms with Gasteiger partial charge in [-0.25, -0.2) is 9.59 Å². The Kier molecular flexibility index (Phi) is 6.49. The van der Waals surface area contributed by atoms with Gasteiger partial charge in [-0.3, -0.25) is 4.90 Å². The van der Waals surface area contributed by atoms with Crippen molar-refractivity contribution in [2.24, 2.45) is 0 Å². The highest BCUT2D eigenvalue weighted by Gasteiger charge is 2.31. The Morgan fingerprint density at radius 3 is 2.59 bits per heavy atom. The lowest BCUT2D eigenvalue weighted by Crippen LogP contribution is -2.39. The number of carbonyl (C=O) groups is 2. The SMILES string of the molecule is CN(C)C(=O)Oc1cccc2c1C=CCN(C(=O)OC(C)(C)C)C2CCO. The van der Waals surface area contributed by atoms with E-state index in [1.807, 2.05) is 39.0 Å². The summed E-state index contributed by atoms with van der Waals surface area (Å²) < 4.78 is 11.0. The first-order valence-electron chi connectivity index (χ1n) is 8.93. The Hall–Kier alpha value is -2.54. The summed E-state index contributed by atoms with van der Waals surface area (Å²) in [4.78, 5) is 27.6. The molecule has 1 aliphatic rings. The number of ether oxygens (including phenoxy) is 2. The number of benzene rings is 1. The van der Waals surface area contributed by atoms with E-state index >= 15 is 0 Å². The molecule has 148 valence electrons. The summed E-state index contributed by atoms with van der Waals surface area (Å²) in [5.41, 5.74) is 0.896.